The van der Waals surface area contributed by atoms with Crippen LogP contribution < -0.4 is 10.1 Å². The largest absolute Gasteiger partial charge is 0.474 e. The summed E-state index contributed by atoms with van der Waals surface area (Å²) in [6.45, 7) is 7.38. The number of anilines is 1. The number of nitrogens with one attached hydrogen (secondary N) is 1. The van der Waals surface area contributed by atoms with Crippen molar-refractivity contribution in [3.63, 3.8) is 0 Å². The zero-order valence-electron chi connectivity index (χ0n) is 13.0. The maximum absolute atomic E-state index is 6.15. The number of hydrogen-bond donors (Lipinski definition) is 1. The van der Waals surface area contributed by atoms with Gasteiger partial charge >= 0.3 is 0 Å². The van der Waals surface area contributed by atoms with Crippen LogP contribution in [0, 0.1) is 12.8 Å². The molecular formula is C16H27N3O. The Morgan fingerprint density at radius 2 is 2.15 bits per heavy atom. The predicted molar refractivity (Wildman–Crippen MR) is 82.2 cm³/mol. The van der Waals surface area contributed by atoms with Gasteiger partial charge in [-0.3, -0.25) is 0 Å². The number of rotatable bonds is 6. The molecule has 4 nitrogen and oxygen atoms in total. The molecule has 2 atom stereocenters. The summed E-state index contributed by atoms with van der Waals surface area (Å²) in [4.78, 5) is 8.62. The molecule has 0 saturated heterocycles. The van der Waals surface area contributed by atoms with Gasteiger partial charge in [-0.05, 0) is 38.5 Å². The first kappa shape index (κ1) is 15.1. The van der Waals surface area contributed by atoms with E-state index >= 15 is 0 Å². The molecule has 0 aromatic carbocycles. The van der Waals surface area contributed by atoms with Gasteiger partial charge < -0.3 is 10.1 Å². The third-order valence-electron chi connectivity index (χ3n) is 4.17. The van der Waals surface area contributed by atoms with Gasteiger partial charge in [0, 0.05) is 6.54 Å². The predicted octanol–water partition coefficient (Wildman–Crippen LogP) is 3.95. The molecule has 0 aliphatic heterocycles. The van der Waals surface area contributed by atoms with E-state index in [1.165, 1.54) is 19.3 Å². The van der Waals surface area contributed by atoms with Crippen molar-refractivity contribution in [1.82, 2.24) is 9.97 Å². The molecule has 20 heavy (non-hydrogen) atoms. The quantitative estimate of drug-likeness (QED) is 0.855. The van der Waals surface area contributed by atoms with Crippen LogP contribution in [0.15, 0.2) is 6.33 Å². The van der Waals surface area contributed by atoms with E-state index in [4.69, 9.17) is 4.74 Å². The highest BCUT2D eigenvalue weighted by Gasteiger charge is 2.23. The van der Waals surface area contributed by atoms with E-state index in [2.05, 4.69) is 29.1 Å². The van der Waals surface area contributed by atoms with E-state index in [0.29, 0.717) is 6.10 Å². The van der Waals surface area contributed by atoms with Crippen LogP contribution in [0.25, 0.3) is 0 Å². The highest BCUT2D eigenvalue weighted by Crippen LogP contribution is 2.30. The molecule has 0 amide bonds. The fraction of sp³-hybridized carbons (Fsp3) is 0.750. The molecular weight excluding hydrogens is 250 g/mol. The number of aromatic nitrogens is 2. The molecule has 0 bridgehead atoms. The normalized spacial score (nSPS) is 22.6. The van der Waals surface area contributed by atoms with Crippen LogP contribution in [0.1, 0.15) is 57.9 Å². The second-order valence-electron chi connectivity index (χ2n) is 5.76. The van der Waals surface area contributed by atoms with Crippen LogP contribution in [-0.4, -0.2) is 22.6 Å². The molecule has 2 unspecified atom stereocenters. The van der Waals surface area contributed by atoms with Gasteiger partial charge in [-0.25, -0.2) is 9.97 Å². The zero-order chi connectivity index (χ0) is 14.4. The molecule has 1 aromatic rings. The average molecular weight is 277 g/mol. The molecule has 1 aliphatic rings. The molecule has 4 heteroatoms. The Labute approximate surface area is 122 Å². The smallest absolute Gasteiger partial charge is 0.221 e. The van der Waals surface area contributed by atoms with E-state index in [0.717, 1.165) is 49.0 Å². The highest BCUT2D eigenvalue weighted by atomic mass is 16.5. The minimum Gasteiger partial charge on any atom is -0.474 e. The van der Waals surface area contributed by atoms with E-state index in [9.17, 15) is 0 Å². The Bertz CT molecular complexity index is 422. The van der Waals surface area contributed by atoms with Gasteiger partial charge in [-0.15, -0.1) is 0 Å². The van der Waals surface area contributed by atoms with Crippen molar-refractivity contribution in [2.75, 3.05) is 11.9 Å². The Morgan fingerprint density at radius 1 is 1.30 bits per heavy atom. The van der Waals surface area contributed by atoms with E-state index in [1.54, 1.807) is 6.33 Å². The average Bonchev–Trinajstić information content (AvgIpc) is 2.48. The Hall–Kier alpha value is -1.32. The van der Waals surface area contributed by atoms with Crippen LogP contribution >= 0.6 is 0 Å². The molecule has 0 spiro atoms. The van der Waals surface area contributed by atoms with Crippen LogP contribution in [0.5, 0.6) is 5.88 Å². The summed E-state index contributed by atoms with van der Waals surface area (Å²) in [7, 11) is 0. The van der Waals surface area contributed by atoms with Crippen molar-refractivity contribution in [2.45, 2.75) is 65.4 Å². The molecule has 1 aliphatic carbocycles. The number of nitrogens with zero attached hydrogens (tertiary/aromatic N) is 2. The minimum absolute atomic E-state index is 0.321. The third kappa shape index (κ3) is 3.84. The molecule has 0 radical (unpaired) electrons. The summed E-state index contributed by atoms with van der Waals surface area (Å²) < 4.78 is 6.15. The molecule has 2 rings (SSSR count). The standard InChI is InChI=1S/C16H27N3O/c1-4-9-17-15-12(3)16(19-11-18-15)20-14-8-6-7-13(5-2)10-14/h11,13-14H,4-10H2,1-3H3,(H,17,18,19). The van der Waals surface area contributed by atoms with Gasteiger partial charge in [0.25, 0.3) is 0 Å². The van der Waals surface area contributed by atoms with Gasteiger partial charge in [-0.2, -0.15) is 0 Å². The number of hydrogen-bond acceptors (Lipinski definition) is 4. The van der Waals surface area contributed by atoms with Gasteiger partial charge in [0.05, 0.1) is 5.56 Å². The Kier molecular flexibility index (Phi) is 5.62. The topological polar surface area (TPSA) is 47.0 Å². The summed E-state index contributed by atoms with van der Waals surface area (Å²) in [5, 5.41) is 3.33. The molecule has 1 fully saturated rings. The van der Waals surface area contributed by atoms with E-state index < -0.39 is 0 Å². The van der Waals surface area contributed by atoms with Crippen LogP contribution in [-0.2, 0) is 0 Å². The van der Waals surface area contributed by atoms with Gasteiger partial charge in [0.15, 0.2) is 0 Å². The van der Waals surface area contributed by atoms with Crippen molar-refractivity contribution in [1.29, 1.82) is 0 Å². The Balaban J connectivity index is 2.01. The lowest BCUT2D eigenvalue weighted by Gasteiger charge is -2.29. The minimum atomic E-state index is 0.321. The summed E-state index contributed by atoms with van der Waals surface area (Å²) in [6, 6.07) is 0. The van der Waals surface area contributed by atoms with Crippen molar-refractivity contribution >= 4 is 5.82 Å². The molecule has 1 saturated carbocycles. The molecule has 112 valence electrons. The lowest BCUT2D eigenvalue weighted by molar-refractivity contribution is 0.116. The van der Waals surface area contributed by atoms with Crippen molar-refractivity contribution in [3.8, 4) is 5.88 Å². The van der Waals surface area contributed by atoms with Gasteiger partial charge in [0.2, 0.25) is 5.88 Å². The van der Waals surface area contributed by atoms with Crippen LogP contribution in [0.4, 0.5) is 5.82 Å². The highest BCUT2D eigenvalue weighted by molar-refractivity contribution is 5.47. The zero-order valence-corrected chi connectivity index (χ0v) is 13.0. The van der Waals surface area contributed by atoms with Crippen molar-refractivity contribution < 1.29 is 4.74 Å². The van der Waals surface area contributed by atoms with E-state index in [1.807, 2.05) is 6.92 Å². The van der Waals surface area contributed by atoms with Crippen molar-refractivity contribution in [3.05, 3.63) is 11.9 Å². The number of ether oxygens (including phenoxy) is 1. The first-order chi connectivity index (χ1) is 9.74. The first-order valence-corrected chi connectivity index (χ1v) is 7.96. The second-order valence-corrected chi connectivity index (χ2v) is 5.76. The fourth-order valence-electron chi connectivity index (χ4n) is 2.85. The van der Waals surface area contributed by atoms with Gasteiger partial charge in [0.1, 0.15) is 18.2 Å². The molecule has 1 heterocycles. The maximum Gasteiger partial charge on any atom is 0.221 e. The summed E-state index contributed by atoms with van der Waals surface area (Å²) in [5.41, 5.74) is 1.03. The van der Waals surface area contributed by atoms with Crippen LogP contribution in [0.2, 0.25) is 0 Å². The Morgan fingerprint density at radius 3 is 2.90 bits per heavy atom. The lowest BCUT2D eigenvalue weighted by Crippen LogP contribution is -2.26. The monoisotopic (exact) mass is 277 g/mol. The second kappa shape index (κ2) is 7.46. The van der Waals surface area contributed by atoms with Crippen LogP contribution in [0.3, 0.4) is 0 Å². The summed E-state index contributed by atoms with van der Waals surface area (Å²) in [6.07, 6.45) is 9.19. The lowest BCUT2D eigenvalue weighted by atomic mass is 9.85. The summed E-state index contributed by atoms with van der Waals surface area (Å²) in [5.74, 6) is 2.47. The summed E-state index contributed by atoms with van der Waals surface area (Å²) >= 11 is 0. The third-order valence-corrected chi connectivity index (χ3v) is 4.17. The molecule has 1 aromatic heterocycles. The fourth-order valence-corrected chi connectivity index (χ4v) is 2.85. The molecule has 1 N–H and O–H groups in total. The SMILES string of the molecule is CCCNc1ncnc(OC2CCCC(CC)C2)c1C. The maximum atomic E-state index is 6.15. The van der Waals surface area contributed by atoms with Crippen molar-refractivity contribution in [2.24, 2.45) is 5.92 Å². The first-order valence-electron chi connectivity index (χ1n) is 7.96. The van der Waals surface area contributed by atoms with E-state index in [-0.39, 0.29) is 0 Å². The van der Waals surface area contributed by atoms with Gasteiger partial charge in [-0.1, -0.05) is 26.7 Å².